The number of carbonyl (C=O) groups excluding carboxylic acids is 1. The molecule has 3 aromatic rings. The van der Waals surface area contributed by atoms with Crippen molar-refractivity contribution in [3.05, 3.63) is 59.9 Å². The number of nitrogens with zero attached hydrogens (tertiary/aromatic N) is 2. The van der Waals surface area contributed by atoms with Gasteiger partial charge < -0.3 is 9.26 Å². The Kier molecular flexibility index (Phi) is 5.26. The third kappa shape index (κ3) is 4.24. The maximum absolute atomic E-state index is 13.0. The zero-order valence-corrected chi connectivity index (χ0v) is 14.4. The van der Waals surface area contributed by atoms with Crippen LogP contribution in [0.4, 0.5) is 10.3 Å². The van der Waals surface area contributed by atoms with Crippen LogP contribution in [-0.4, -0.2) is 22.2 Å². The number of hydrogen-bond donors (Lipinski definition) is 1. The van der Waals surface area contributed by atoms with Crippen LogP contribution in [0.1, 0.15) is 18.9 Å². The number of aryl methyl sites for hydroxylation is 1. The fourth-order valence-corrected chi connectivity index (χ4v) is 2.28. The molecule has 1 unspecified atom stereocenters. The van der Waals surface area contributed by atoms with E-state index in [4.69, 9.17) is 9.26 Å². The van der Waals surface area contributed by atoms with Gasteiger partial charge in [-0.3, -0.25) is 10.1 Å². The number of ether oxygens (including phenoxy) is 1. The quantitative estimate of drug-likeness (QED) is 0.724. The van der Waals surface area contributed by atoms with Crippen molar-refractivity contribution in [2.24, 2.45) is 0 Å². The van der Waals surface area contributed by atoms with Gasteiger partial charge >= 0.3 is 0 Å². The summed E-state index contributed by atoms with van der Waals surface area (Å²) < 4.78 is 23.7. The third-order valence-electron chi connectivity index (χ3n) is 3.71. The number of aromatic nitrogens is 2. The first-order valence-corrected chi connectivity index (χ1v) is 8.19. The molecule has 3 rings (SSSR count). The molecule has 0 saturated heterocycles. The van der Waals surface area contributed by atoms with Gasteiger partial charge in [0.05, 0.1) is 0 Å². The molecular weight excluding hydrogens is 337 g/mol. The van der Waals surface area contributed by atoms with Crippen LogP contribution in [0, 0.1) is 12.7 Å². The van der Waals surface area contributed by atoms with Gasteiger partial charge in [-0.1, -0.05) is 24.6 Å². The number of carbonyl (C=O) groups is 1. The Hall–Kier alpha value is -3.22. The monoisotopic (exact) mass is 355 g/mol. The van der Waals surface area contributed by atoms with Crippen molar-refractivity contribution >= 4 is 11.9 Å². The molecule has 1 atom stereocenters. The van der Waals surface area contributed by atoms with E-state index in [2.05, 4.69) is 15.5 Å². The lowest BCUT2D eigenvalue weighted by molar-refractivity contribution is -0.122. The maximum Gasteiger partial charge on any atom is 0.270 e. The molecule has 0 aliphatic carbocycles. The molecule has 1 heterocycles. The summed E-state index contributed by atoms with van der Waals surface area (Å²) in [4.78, 5) is 16.5. The normalized spacial score (nSPS) is 11.8. The van der Waals surface area contributed by atoms with Crippen molar-refractivity contribution in [1.82, 2.24) is 10.1 Å². The summed E-state index contributed by atoms with van der Waals surface area (Å²) in [6, 6.07) is 13.1. The van der Waals surface area contributed by atoms with Gasteiger partial charge in [-0.25, -0.2) is 4.39 Å². The summed E-state index contributed by atoms with van der Waals surface area (Å²) in [5.41, 5.74) is 1.88. The number of rotatable bonds is 6. The predicted molar refractivity (Wildman–Crippen MR) is 94.2 cm³/mol. The van der Waals surface area contributed by atoms with Gasteiger partial charge in [0.2, 0.25) is 0 Å². The lowest BCUT2D eigenvalue weighted by Crippen LogP contribution is -2.32. The second kappa shape index (κ2) is 7.77. The highest BCUT2D eigenvalue weighted by molar-refractivity contribution is 5.92. The van der Waals surface area contributed by atoms with E-state index in [1.807, 2.05) is 38.1 Å². The lowest BCUT2D eigenvalue weighted by atomic mass is 10.1. The van der Waals surface area contributed by atoms with Gasteiger partial charge in [-0.05, 0) is 54.9 Å². The fraction of sp³-hybridized carbons (Fsp3) is 0.211. The molecule has 134 valence electrons. The van der Waals surface area contributed by atoms with Crippen LogP contribution in [0.25, 0.3) is 11.5 Å². The fourth-order valence-electron chi connectivity index (χ4n) is 2.28. The van der Waals surface area contributed by atoms with Crippen LogP contribution < -0.4 is 10.1 Å². The van der Waals surface area contributed by atoms with Crippen LogP contribution >= 0.6 is 0 Å². The van der Waals surface area contributed by atoms with Crippen molar-refractivity contribution in [2.45, 2.75) is 26.4 Å². The minimum atomic E-state index is -0.762. The molecule has 6 nitrogen and oxygen atoms in total. The first kappa shape index (κ1) is 17.6. The van der Waals surface area contributed by atoms with E-state index in [0.717, 1.165) is 11.1 Å². The Bertz CT molecular complexity index is 876. The van der Waals surface area contributed by atoms with E-state index in [1.54, 1.807) is 0 Å². The Balaban J connectivity index is 1.66. The predicted octanol–water partition coefficient (Wildman–Crippen LogP) is 3.98. The molecule has 26 heavy (non-hydrogen) atoms. The minimum Gasteiger partial charge on any atom is -0.481 e. The Labute approximate surface area is 150 Å². The van der Waals surface area contributed by atoms with Crippen LogP contribution in [-0.2, 0) is 4.79 Å². The van der Waals surface area contributed by atoms with Gasteiger partial charge in [0.1, 0.15) is 11.6 Å². The van der Waals surface area contributed by atoms with E-state index in [-0.39, 0.29) is 11.8 Å². The van der Waals surface area contributed by atoms with Crippen molar-refractivity contribution in [1.29, 1.82) is 0 Å². The molecule has 0 radical (unpaired) electrons. The molecule has 0 fully saturated rings. The molecule has 2 aromatic carbocycles. The van der Waals surface area contributed by atoms with Crippen molar-refractivity contribution in [3.63, 3.8) is 0 Å². The number of amides is 1. The first-order valence-electron chi connectivity index (χ1n) is 8.19. The summed E-state index contributed by atoms with van der Waals surface area (Å²) in [7, 11) is 0. The van der Waals surface area contributed by atoms with E-state index >= 15 is 0 Å². The van der Waals surface area contributed by atoms with Crippen LogP contribution in [0.15, 0.2) is 53.1 Å². The maximum atomic E-state index is 13.0. The Morgan fingerprint density at radius 1 is 1.19 bits per heavy atom. The molecule has 0 saturated carbocycles. The van der Waals surface area contributed by atoms with Crippen molar-refractivity contribution in [2.75, 3.05) is 5.32 Å². The lowest BCUT2D eigenvalue weighted by Gasteiger charge is -2.15. The average Bonchev–Trinajstić information content (AvgIpc) is 3.10. The van der Waals surface area contributed by atoms with E-state index < -0.39 is 12.0 Å². The van der Waals surface area contributed by atoms with Crippen molar-refractivity contribution < 1.29 is 18.4 Å². The Morgan fingerprint density at radius 3 is 2.54 bits per heavy atom. The summed E-state index contributed by atoms with van der Waals surface area (Å²) >= 11 is 0. The van der Waals surface area contributed by atoms with Crippen LogP contribution in [0.3, 0.4) is 0 Å². The molecule has 1 N–H and O–H groups in total. The van der Waals surface area contributed by atoms with E-state index in [0.29, 0.717) is 18.1 Å². The van der Waals surface area contributed by atoms with Gasteiger partial charge in [-0.15, -0.1) is 0 Å². The SMILES string of the molecule is CCC(Oc1ccc(F)cc1)C(=O)Nc1noc(-c2ccc(C)cc2)n1. The average molecular weight is 355 g/mol. The minimum absolute atomic E-state index is 0.0618. The van der Waals surface area contributed by atoms with Crippen LogP contribution in [0.5, 0.6) is 5.75 Å². The summed E-state index contributed by atoms with van der Waals surface area (Å²) in [5.74, 6) is -0.000229. The van der Waals surface area contributed by atoms with Gasteiger partial charge in [0.15, 0.2) is 6.10 Å². The topological polar surface area (TPSA) is 77.2 Å². The molecule has 1 amide bonds. The Morgan fingerprint density at radius 2 is 1.88 bits per heavy atom. The molecule has 0 aliphatic rings. The smallest absolute Gasteiger partial charge is 0.270 e. The van der Waals surface area contributed by atoms with Gasteiger partial charge in [0, 0.05) is 5.56 Å². The number of hydrogen-bond acceptors (Lipinski definition) is 5. The zero-order valence-electron chi connectivity index (χ0n) is 14.4. The highest BCUT2D eigenvalue weighted by atomic mass is 19.1. The number of halogens is 1. The molecule has 0 aliphatic heterocycles. The van der Waals surface area contributed by atoms with E-state index in [9.17, 15) is 9.18 Å². The molecular formula is C19H18FN3O3. The summed E-state index contributed by atoms with van der Waals surface area (Å²) in [6.45, 7) is 3.79. The van der Waals surface area contributed by atoms with E-state index in [1.165, 1.54) is 24.3 Å². The summed E-state index contributed by atoms with van der Waals surface area (Å²) in [5, 5.41) is 6.34. The molecule has 1 aromatic heterocycles. The molecule has 0 spiro atoms. The highest BCUT2D eigenvalue weighted by Crippen LogP contribution is 2.20. The second-order valence-corrected chi connectivity index (χ2v) is 5.75. The third-order valence-corrected chi connectivity index (χ3v) is 3.71. The first-order chi connectivity index (χ1) is 12.5. The summed E-state index contributed by atoms with van der Waals surface area (Å²) in [6.07, 6.45) is -0.340. The zero-order chi connectivity index (χ0) is 18.5. The number of anilines is 1. The molecule has 0 bridgehead atoms. The van der Waals surface area contributed by atoms with Gasteiger partial charge in [0.25, 0.3) is 17.7 Å². The highest BCUT2D eigenvalue weighted by Gasteiger charge is 2.21. The second-order valence-electron chi connectivity index (χ2n) is 5.75. The van der Waals surface area contributed by atoms with Crippen LogP contribution in [0.2, 0.25) is 0 Å². The standard InChI is InChI=1S/C19H18FN3O3/c1-3-16(25-15-10-8-14(20)9-11-15)17(24)21-19-22-18(26-23-19)13-6-4-12(2)5-7-13/h4-11,16H,3H2,1-2H3,(H,21,23,24). The van der Waals surface area contributed by atoms with Crippen molar-refractivity contribution in [3.8, 4) is 17.2 Å². The van der Waals surface area contributed by atoms with Gasteiger partial charge in [-0.2, -0.15) is 4.98 Å². The molecule has 7 heteroatoms. The number of nitrogens with one attached hydrogen (secondary N) is 1. The number of benzene rings is 2. The largest absolute Gasteiger partial charge is 0.481 e.